The van der Waals surface area contributed by atoms with Gasteiger partial charge in [0.15, 0.2) is 5.82 Å². The van der Waals surface area contributed by atoms with Gasteiger partial charge in [0, 0.05) is 29.6 Å². The molecule has 2 N–H and O–H groups in total. The molecule has 1 amide bonds. The van der Waals surface area contributed by atoms with E-state index < -0.39 is 0 Å². The number of nitrogens with one attached hydrogen (secondary N) is 2. The quantitative estimate of drug-likeness (QED) is 0.453. The van der Waals surface area contributed by atoms with Crippen LogP contribution in [0.1, 0.15) is 21.5 Å². The van der Waals surface area contributed by atoms with Crippen molar-refractivity contribution in [2.24, 2.45) is 0 Å². The summed E-state index contributed by atoms with van der Waals surface area (Å²) in [5.74, 6) is 0.531. The zero-order chi connectivity index (χ0) is 21.6. The molecular weight excluding hydrogens is 391 g/mol. The lowest BCUT2D eigenvalue weighted by molar-refractivity contribution is 0.0951. The molecule has 5 nitrogen and oxygen atoms in total. The number of amides is 1. The largest absolute Gasteiger partial charge is 0.348 e. The molecule has 0 saturated heterocycles. The predicted octanol–water partition coefficient (Wildman–Crippen LogP) is 5.26. The summed E-state index contributed by atoms with van der Waals surface area (Å²) in [6.07, 6.45) is 1.61. The summed E-state index contributed by atoms with van der Waals surface area (Å²) in [5, 5.41) is 6.13. The Balaban J connectivity index is 1.41. The van der Waals surface area contributed by atoms with E-state index in [-0.39, 0.29) is 11.7 Å². The minimum absolute atomic E-state index is 0.134. The van der Waals surface area contributed by atoms with Crippen LogP contribution in [0.3, 0.4) is 0 Å². The first-order chi connectivity index (χ1) is 15.1. The van der Waals surface area contributed by atoms with Crippen LogP contribution < -0.4 is 10.6 Å². The lowest BCUT2D eigenvalue weighted by Gasteiger charge is -2.10. The summed E-state index contributed by atoms with van der Waals surface area (Å²) in [7, 11) is 0. The SMILES string of the molecule is Cc1ccccc1CNC(=O)c1ccc(Nc2ccnc(-c3cccc(F)c3)n2)cc1. The van der Waals surface area contributed by atoms with Crippen LogP contribution in [-0.2, 0) is 6.54 Å². The van der Waals surface area contributed by atoms with E-state index in [1.165, 1.54) is 12.1 Å². The van der Waals surface area contributed by atoms with E-state index in [9.17, 15) is 9.18 Å². The molecule has 4 aromatic rings. The van der Waals surface area contributed by atoms with Crippen LogP contribution in [0.4, 0.5) is 15.9 Å². The fourth-order valence-electron chi connectivity index (χ4n) is 3.13. The van der Waals surface area contributed by atoms with Gasteiger partial charge in [-0.25, -0.2) is 14.4 Å². The lowest BCUT2D eigenvalue weighted by Crippen LogP contribution is -2.23. The number of anilines is 2. The minimum Gasteiger partial charge on any atom is -0.348 e. The number of carbonyl (C=O) groups is 1. The van der Waals surface area contributed by atoms with E-state index in [4.69, 9.17) is 0 Å². The average Bonchev–Trinajstić information content (AvgIpc) is 2.79. The molecule has 31 heavy (non-hydrogen) atoms. The van der Waals surface area contributed by atoms with E-state index in [1.54, 1.807) is 36.5 Å². The summed E-state index contributed by atoms with van der Waals surface area (Å²) >= 11 is 0. The second-order valence-electron chi connectivity index (χ2n) is 7.09. The van der Waals surface area contributed by atoms with Crippen molar-refractivity contribution in [2.75, 3.05) is 5.32 Å². The van der Waals surface area contributed by atoms with Gasteiger partial charge >= 0.3 is 0 Å². The maximum atomic E-state index is 13.5. The van der Waals surface area contributed by atoms with Gasteiger partial charge in [0.2, 0.25) is 0 Å². The summed E-state index contributed by atoms with van der Waals surface area (Å²) < 4.78 is 13.5. The van der Waals surface area contributed by atoms with Gasteiger partial charge in [-0.2, -0.15) is 0 Å². The summed E-state index contributed by atoms with van der Waals surface area (Å²) in [6.45, 7) is 2.50. The molecule has 154 valence electrons. The monoisotopic (exact) mass is 412 g/mol. The number of rotatable bonds is 6. The van der Waals surface area contributed by atoms with E-state index in [2.05, 4.69) is 20.6 Å². The highest BCUT2D eigenvalue weighted by atomic mass is 19.1. The highest BCUT2D eigenvalue weighted by Crippen LogP contribution is 2.20. The summed E-state index contributed by atoms with van der Waals surface area (Å²) in [6, 6.07) is 23.0. The van der Waals surface area contributed by atoms with Crippen LogP contribution in [0.2, 0.25) is 0 Å². The second-order valence-corrected chi connectivity index (χ2v) is 7.09. The van der Waals surface area contributed by atoms with Crippen LogP contribution in [0.25, 0.3) is 11.4 Å². The van der Waals surface area contributed by atoms with Gasteiger partial charge < -0.3 is 10.6 Å². The second kappa shape index (κ2) is 9.17. The Labute approximate surface area is 180 Å². The first kappa shape index (κ1) is 20.2. The van der Waals surface area contributed by atoms with Crippen molar-refractivity contribution in [2.45, 2.75) is 13.5 Å². The van der Waals surface area contributed by atoms with E-state index in [0.717, 1.165) is 16.8 Å². The third-order valence-electron chi connectivity index (χ3n) is 4.86. The molecule has 1 aromatic heterocycles. The van der Waals surface area contributed by atoms with Crippen LogP contribution in [0.15, 0.2) is 85.1 Å². The molecule has 0 saturated carbocycles. The van der Waals surface area contributed by atoms with Crippen molar-refractivity contribution in [3.05, 3.63) is 108 Å². The van der Waals surface area contributed by atoms with Crippen molar-refractivity contribution in [1.82, 2.24) is 15.3 Å². The molecule has 0 radical (unpaired) electrons. The molecule has 0 spiro atoms. The van der Waals surface area contributed by atoms with Crippen LogP contribution >= 0.6 is 0 Å². The Hall–Kier alpha value is -4.06. The van der Waals surface area contributed by atoms with Gasteiger partial charge in [0.05, 0.1) is 0 Å². The molecule has 4 rings (SSSR count). The summed E-state index contributed by atoms with van der Waals surface area (Å²) in [5.41, 5.74) is 4.18. The number of nitrogens with zero attached hydrogens (tertiary/aromatic N) is 2. The van der Waals surface area contributed by atoms with Gasteiger partial charge in [-0.05, 0) is 60.5 Å². The van der Waals surface area contributed by atoms with E-state index >= 15 is 0 Å². The number of hydrogen-bond donors (Lipinski definition) is 2. The topological polar surface area (TPSA) is 66.9 Å². The molecule has 0 fully saturated rings. The van der Waals surface area contributed by atoms with Crippen molar-refractivity contribution >= 4 is 17.4 Å². The molecule has 6 heteroatoms. The Morgan fingerprint density at radius 1 is 0.968 bits per heavy atom. The van der Waals surface area contributed by atoms with Gasteiger partial charge in [-0.1, -0.05) is 36.4 Å². The maximum absolute atomic E-state index is 13.5. The smallest absolute Gasteiger partial charge is 0.251 e. The number of aromatic nitrogens is 2. The highest BCUT2D eigenvalue weighted by Gasteiger charge is 2.08. The van der Waals surface area contributed by atoms with Gasteiger partial charge in [0.1, 0.15) is 11.6 Å². The highest BCUT2D eigenvalue weighted by molar-refractivity contribution is 5.94. The number of carbonyl (C=O) groups excluding carboxylic acids is 1. The Morgan fingerprint density at radius 3 is 2.55 bits per heavy atom. The normalized spacial score (nSPS) is 10.5. The fraction of sp³-hybridized carbons (Fsp3) is 0.0800. The van der Waals surface area contributed by atoms with Gasteiger partial charge in [-0.15, -0.1) is 0 Å². The molecule has 3 aromatic carbocycles. The van der Waals surface area contributed by atoms with Crippen molar-refractivity contribution in [3.8, 4) is 11.4 Å². The first-order valence-corrected chi connectivity index (χ1v) is 9.87. The predicted molar refractivity (Wildman–Crippen MR) is 119 cm³/mol. The molecule has 0 aliphatic rings. The maximum Gasteiger partial charge on any atom is 0.251 e. The third kappa shape index (κ3) is 5.11. The number of benzene rings is 3. The molecule has 0 aliphatic heterocycles. The summed E-state index contributed by atoms with van der Waals surface area (Å²) in [4.78, 5) is 21.1. The van der Waals surface area contributed by atoms with Gasteiger partial charge in [-0.3, -0.25) is 4.79 Å². The number of aryl methyl sites for hydroxylation is 1. The molecule has 1 heterocycles. The number of halogens is 1. The Morgan fingerprint density at radius 2 is 1.77 bits per heavy atom. The van der Waals surface area contributed by atoms with Crippen molar-refractivity contribution in [3.63, 3.8) is 0 Å². The third-order valence-corrected chi connectivity index (χ3v) is 4.86. The minimum atomic E-state index is -0.337. The lowest BCUT2D eigenvalue weighted by atomic mass is 10.1. The molecule has 0 unspecified atom stereocenters. The fourth-order valence-corrected chi connectivity index (χ4v) is 3.13. The van der Waals surface area contributed by atoms with Crippen molar-refractivity contribution < 1.29 is 9.18 Å². The number of hydrogen-bond acceptors (Lipinski definition) is 4. The van der Waals surface area contributed by atoms with E-state index in [0.29, 0.717) is 29.3 Å². The molecule has 0 aliphatic carbocycles. The van der Waals surface area contributed by atoms with Crippen LogP contribution in [0, 0.1) is 12.7 Å². The van der Waals surface area contributed by atoms with Gasteiger partial charge in [0.25, 0.3) is 5.91 Å². The standard InChI is InChI=1S/C25H21FN4O/c1-17-5-2-3-6-20(17)16-28-25(31)18-9-11-22(12-10-18)29-23-13-14-27-24(30-23)19-7-4-8-21(26)15-19/h2-15H,16H2,1H3,(H,28,31)(H,27,29,30). The molecular formula is C25H21FN4O. The Kier molecular flexibility index (Phi) is 5.98. The zero-order valence-electron chi connectivity index (χ0n) is 17.0. The van der Waals surface area contributed by atoms with Crippen LogP contribution in [0.5, 0.6) is 0 Å². The van der Waals surface area contributed by atoms with E-state index in [1.807, 2.05) is 43.3 Å². The molecule has 0 bridgehead atoms. The zero-order valence-corrected chi connectivity index (χ0v) is 17.0. The Bertz CT molecular complexity index is 1210. The average molecular weight is 412 g/mol. The van der Waals surface area contributed by atoms with Crippen molar-refractivity contribution in [1.29, 1.82) is 0 Å². The molecule has 0 atom stereocenters. The van der Waals surface area contributed by atoms with Crippen LogP contribution in [-0.4, -0.2) is 15.9 Å². The first-order valence-electron chi connectivity index (χ1n) is 9.87.